The molecule has 0 aliphatic carbocycles. The molecule has 136 valence electrons. The van der Waals surface area contributed by atoms with Gasteiger partial charge in [-0.15, -0.1) is 22.7 Å². The number of carbonyl (C=O) groups is 1. The van der Waals surface area contributed by atoms with Gasteiger partial charge in [0, 0.05) is 7.05 Å². The first-order valence-electron chi connectivity index (χ1n) is 7.96. The van der Waals surface area contributed by atoms with Gasteiger partial charge in [0.1, 0.15) is 23.0 Å². The molecule has 0 atom stereocenters. The highest BCUT2D eigenvalue weighted by atomic mass is 32.1. The minimum atomic E-state index is -0.813. The van der Waals surface area contributed by atoms with E-state index in [0.29, 0.717) is 4.88 Å². The lowest BCUT2D eigenvalue weighted by molar-refractivity contribution is 0.102. The minimum absolute atomic E-state index is 0.353. The number of nitrogens with one attached hydrogen (secondary N) is 1. The van der Waals surface area contributed by atoms with E-state index in [2.05, 4.69) is 10.4 Å². The number of anilines is 1. The van der Waals surface area contributed by atoms with Gasteiger partial charge in [0.25, 0.3) is 5.91 Å². The molecule has 0 aliphatic rings. The maximum absolute atomic E-state index is 13.7. The molecule has 1 N–H and O–H groups in total. The van der Waals surface area contributed by atoms with Crippen LogP contribution < -0.4 is 5.32 Å². The van der Waals surface area contributed by atoms with Crippen LogP contribution in [0, 0.1) is 11.6 Å². The summed E-state index contributed by atoms with van der Waals surface area (Å²) in [7, 11) is 1.83. The van der Waals surface area contributed by atoms with E-state index in [9.17, 15) is 13.6 Å². The first-order valence-corrected chi connectivity index (χ1v) is 9.66. The third-order valence-electron chi connectivity index (χ3n) is 3.94. The lowest BCUT2D eigenvalue weighted by Gasteiger charge is -2.05. The number of hydrogen-bond acceptors (Lipinski definition) is 4. The van der Waals surface area contributed by atoms with Gasteiger partial charge < -0.3 is 5.32 Å². The highest BCUT2D eigenvalue weighted by molar-refractivity contribution is 7.17. The molecule has 0 saturated heterocycles. The number of hydrogen-bond donors (Lipinski definition) is 1. The van der Waals surface area contributed by atoms with Crippen LogP contribution in [0.3, 0.4) is 0 Å². The first kappa shape index (κ1) is 17.6. The average molecular weight is 401 g/mol. The van der Waals surface area contributed by atoms with Crippen LogP contribution in [-0.2, 0) is 7.05 Å². The molecule has 4 aromatic rings. The lowest BCUT2D eigenvalue weighted by atomic mass is 10.2. The van der Waals surface area contributed by atoms with E-state index < -0.39 is 23.2 Å². The van der Waals surface area contributed by atoms with Crippen molar-refractivity contribution in [3.63, 3.8) is 0 Å². The largest absolute Gasteiger partial charge is 0.316 e. The topological polar surface area (TPSA) is 46.9 Å². The third-order valence-corrected chi connectivity index (χ3v) is 5.94. The number of para-hydroxylation sites is 1. The third kappa shape index (κ3) is 3.41. The molecule has 27 heavy (non-hydrogen) atoms. The van der Waals surface area contributed by atoms with E-state index in [4.69, 9.17) is 0 Å². The average Bonchev–Trinajstić information content (AvgIpc) is 3.37. The van der Waals surface area contributed by atoms with Crippen molar-refractivity contribution in [2.75, 3.05) is 5.32 Å². The normalized spacial score (nSPS) is 10.9. The van der Waals surface area contributed by atoms with Crippen molar-refractivity contribution in [2.24, 2.45) is 7.05 Å². The molecule has 0 saturated carbocycles. The Labute approximate surface area is 161 Å². The Morgan fingerprint density at radius 1 is 1.07 bits per heavy atom. The summed E-state index contributed by atoms with van der Waals surface area (Å²) in [6.45, 7) is 0. The maximum Gasteiger partial charge on any atom is 0.265 e. The smallest absolute Gasteiger partial charge is 0.265 e. The Morgan fingerprint density at radius 3 is 2.56 bits per heavy atom. The van der Waals surface area contributed by atoms with Crippen LogP contribution in [0.25, 0.3) is 21.1 Å². The number of rotatable bonds is 4. The Morgan fingerprint density at radius 2 is 1.85 bits per heavy atom. The van der Waals surface area contributed by atoms with Crippen molar-refractivity contribution < 1.29 is 13.6 Å². The number of carbonyl (C=O) groups excluding carboxylic acids is 1. The van der Waals surface area contributed by atoms with Gasteiger partial charge in [-0.2, -0.15) is 5.10 Å². The fraction of sp³-hybridized carbons (Fsp3) is 0.0526. The number of nitrogens with zero attached hydrogens (tertiary/aromatic N) is 2. The number of benzene rings is 1. The fourth-order valence-corrected chi connectivity index (χ4v) is 4.26. The van der Waals surface area contributed by atoms with Crippen molar-refractivity contribution in [1.82, 2.24) is 9.78 Å². The van der Waals surface area contributed by atoms with Crippen molar-refractivity contribution >= 4 is 34.3 Å². The molecule has 0 fully saturated rings. The Bertz CT molecular complexity index is 1100. The molecule has 3 aromatic heterocycles. The van der Waals surface area contributed by atoms with Gasteiger partial charge in [0.2, 0.25) is 0 Å². The molecular formula is C19H13F2N3OS2. The summed E-state index contributed by atoms with van der Waals surface area (Å²) in [5.74, 6) is -2.18. The molecule has 3 heterocycles. The van der Waals surface area contributed by atoms with Gasteiger partial charge >= 0.3 is 0 Å². The van der Waals surface area contributed by atoms with Crippen molar-refractivity contribution in [2.45, 2.75) is 0 Å². The highest BCUT2D eigenvalue weighted by Gasteiger charge is 2.17. The summed E-state index contributed by atoms with van der Waals surface area (Å²) >= 11 is 2.84. The molecule has 0 bridgehead atoms. The van der Waals surface area contributed by atoms with Crippen molar-refractivity contribution in [3.8, 4) is 21.1 Å². The zero-order valence-electron chi connectivity index (χ0n) is 14.1. The molecule has 1 aromatic carbocycles. The van der Waals surface area contributed by atoms with Crippen molar-refractivity contribution in [1.29, 1.82) is 0 Å². The standard InChI is InChI=1S/C19H13F2N3OS2/c1-24-14(10-13(23-24)15-6-3-9-26-15)16-7-8-17(27-16)19(25)22-18-11(20)4-2-5-12(18)21/h2-10H,1H3,(H,22,25). The van der Waals surface area contributed by atoms with E-state index in [1.807, 2.05) is 30.6 Å². The monoisotopic (exact) mass is 401 g/mol. The van der Waals surface area contributed by atoms with E-state index in [-0.39, 0.29) is 0 Å². The van der Waals surface area contributed by atoms with Gasteiger partial charge in [-0.25, -0.2) is 8.78 Å². The van der Waals surface area contributed by atoms with Gasteiger partial charge in [-0.1, -0.05) is 12.1 Å². The van der Waals surface area contributed by atoms with Crippen LogP contribution in [0.2, 0.25) is 0 Å². The van der Waals surface area contributed by atoms with E-state index in [1.54, 1.807) is 28.2 Å². The summed E-state index contributed by atoms with van der Waals surface area (Å²) in [5, 5.41) is 8.80. The van der Waals surface area contributed by atoms with Crippen LogP contribution in [-0.4, -0.2) is 15.7 Å². The summed E-state index contributed by atoms with van der Waals surface area (Å²) in [5.41, 5.74) is 1.27. The zero-order chi connectivity index (χ0) is 19.0. The summed E-state index contributed by atoms with van der Waals surface area (Å²) in [6, 6.07) is 12.8. The molecule has 4 nitrogen and oxygen atoms in total. The van der Waals surface area contributed by atoms with Gasteiger partial charge in [0.05, 0.1) is 20.3 Å². The molecular weight excluding hydrogens is 388 g/mol. The SMILES string of the molecule is Cn1nc(-c2cccs2)cc1-c1ccc(C(=O)Nc2c(F)cccc2F)s1. The highest BCUT2D eigenvalue weighted by Crippen LogP contribution is 2.32. The molecule has 4 rings (SSSR count). The van der Waals surface area contributed by atoms with Crippen LogP contribution in [0.15, 0.2) is 53.9 Å². The van der Waals surface area contributed by atoms with Crippen LogP contribution in [0.1, 0.15) is 9.67 Å². The maximum atomic E-state index is 13.7. The van der Waals surface area contributed by atoms with Gasteiger partial charge in [-0.05, 0) is 41.8 Å². The minimum Gasteiger partial charge on any atom is -0.316 e. The predicted molar refractivity (Wildman–Crippen MR) is 104 cm³/mol. The Hall–Kier alpha value is -2.84. The van der Waals surface area contributed by atoms with Crippen LogP contribution >= 0.6 is 22.7 Å². The molecule has 0 spiro atoms. The van der Waals surface area contributed by atoms with Crippen LogP contribution in [0.4, 0.5) is 14.5 Å². The summed E-state index contributed by atoms with van der Waals surface area (Å²) in [4.78, 5) is 14.6. The first-order chi connectivity index (χ1) is 13.0. The van der Waals surface area contributed by atoms with E-state index in [0.717, 1.165) is 33.3 Å². The second kappa shape index (κ2) is 7.05. The second-order valence-electron chi connectivity index (χ2n) is 5.73. The number of aromatic nitrogens is 2. The fourth-order valence-electron chi connectivity index (χ4n) is 2.63. The molecule has 0 aliphatic heterocycles. The molecule has 1 amide bonds. The lowest BCUT2D eigenvalue weighted by Crippen LogP contribution is -2.12. The quantitative estimate of drug-likeness (QED) is 0.497. The Kier molecular flexibility index (Phi) is 4.59. The van der Waals surface area contributed by atoms with Gasteiger partial charge in [0.15, 0.2) is 0 Å². The summed E-state index contributed by atoms with van der Waals surface area (Å²) in [6.07, 6.45) is 0. The number of amides is 1. The Balaban J connectivity index is 1.60. The van der Waals surface area contributed by atoms with Crippen molar-refractivity contribution in [3.05, 3.63) is 70.4 Å². The summed E-state index contributed by atoms with van der Waals surface area (Å²) < 4.78 is 29.2. The van der Waals surface area contributed by atoms with Crippen LogP contribution in [0.5, 0.6) is 0 Å². The number of halogens is 2. The predicted octanol–water partition coefficient (Wildman–Crippen LogP) is 5.41. The molecule has 0 radical (unpaired) electrons. The molecule has 0 unspecified atom stereocenters. The second-order valence-corrected chi connectivity index (χ2v) is 7.76. The number of thiophene rings is 2. The zero-order valence-corrected chi connectivity index (χ0v) is 15.7. The van der Waals surface area contributed by atoms with Gasteiger partial charge in [-0.3, -0.25) is 9.48 Å². The van der Waals surface area contributed by atoms with E-state index in [1.165, 1.54) is 17.4 Å². The number of aryl methyl sites for hydroxylation is 1. The molecule has 8 heteroatoms. The van der Waals surface area contributed by atoms with E-state index >= 15 is 0 Å².